The number of nitrogens with zero attached hydrogens (tertiary/aromatic N) is 1. The summed E-state index contributed by atoms with van der Waals surface area (Å²) in [5.41, 5.74) is -1.02. The van der Waals surface area contributed by atoms with E-state index in [4.69, 9.17) is 21.4 Å². The summed E-state index contributed by atoms with van der Waals surface area (Å²) >= 11 is 9.25. The van der Waals surface area contributed by atoms with Crippen molar-refractivity contribution in [3.8, 4) is 5.75 Å². The van der Waals surface area contributed by atoms with E-state index in [-0.39, 0.29) is 35.8 Å². The van der Waals surface area contributed by atoms with Gasteiger partial charge in [-0.1, -0.05) is 17.7 Å². The van der Waals surface area contributed by atoms with Crippen LogP contribution >= 0.6 is 27.5 Å². The van der Waals surface area contributed by atoms with Gasteiger partial charge >= 0.3 is 12.1 Å². The standard InChI is InChI=1S/C18H14BrClF3NO5S/c19-13-7-15-16(8-14(13)20)29-11(4-5-17(25)26)9-24(15)30(27,28)12-3-1-2-10(6-12)18(21,22)23/h1-3,6-8,11H,4-5,9H2,(H,25,26). The molecule has 162 valence electrons. The molecule has 30 heavy (non-hydrogen) atoms. The number of sulfonamides is 1. The number of aliphatic carboxylic acids is 1. The Bertz CT molecular complexity index is 1090. The normalized spacial score (nSPS) is 16.7. The second-order valence-electron chi connectivity index (χ2n) is 6.47. The zero-order valence-corrected chi connectivity index (χ0v) is 18.1. The number of carboxylic acids is 1. The minimum atomic E-state index is -4.71. The van der Waals surface area contributed by atoms with E-state index < -0.39 is 38.7 Å². The van der Waals surface area contributed by atoms with Crippen molar-refractivity contribution in [1.82, 2.24) is 0 Å². The van der Waals surface area contributed by atoms with Gasteiger partial charge in [-0.05, 0) is 46.6 Å². The van der Waals surface area contributed by atoms with Gasteiger partial charge in [0.05, 0.1) is 27.7 Å². The summed E-state index contributed by atoms with van der Waals surface area (Å²) in [5, 5.41) is 9.14. The Labute approximate surface area is 183 Å². The maximum atomic E-state index is 13.2. The zero-order chi connectivity index (χ0) is 22.3. The van der Waals surface area contributed by atoms with E-state index in [2.05, 4.69) is 15.9 Å². The van der Waals surface area contributed by atoms with Crippen LogP contribution in [0.2, 0.25) is 5.02 Å². The number of benzene rings is 2. The van der Waals surface area contributed by atoms with Gasteiger partial charge in [0.15, 0.2) is 0 Å². The molecule has 1 unspecified atom stereocenters. The molecule has 0 amide bonds. The SMILES string of the molecule is O=C(O)CCC1CN(S(=O)(=O)c2cccc(C(F)(F)F)c2)c2cc(Br)c(Cl)cc2O1. The molecule has 2 aromatic rings. The first-order valence-electron chi connectivity index (χ1n) is 8.47. The fraction of sp³-hybridized carbons (Fsp3) is 0.278. The van der Waals surface area contributed by atoms with Gasteiger partial charge in [0.25, 0.3) is 10.0 Å². The second kappa shape index (κ2) is 8.27. The molecule has 1 N–H and O–H groups in total. The topological polar surface area (TPSA) is 83.9 Å². The Morgan fingerprint density at radius 3 is 2.63 bits per heavy atom. The van der Waals surface area contributed by atoms with Crippen LogP contribution in [0.3, 0.4) is 0 Å². The van der Waals surface area contributed by atoms with Gasteiger partial charge in [0.2, 0.25) is 0 Å². The molecular formula is C18H14BrClF3NO5S. The maximum absolute atomic E-state index is 13.2. The molecule has 0 fully saturated rings. The maximum Gasteiger partial charge on any atom is 0.416 e. The molecule has 0 saturated carbocycles. The number of ether oxygens (including phenoxy) is 1. The van der Waals surface area contributed by atoms with E-state index in [1.165, 1.54) is 12.1 Å². The van der Waals surface area contributed by atoms with Gasteiger partial charge < -0.3 is 9.84 Å². The van der Waals surface area contributed by atoms with Gasteiger partial charge in [-0.25, -0.2) is 8.42 Å². The Balaban J connectivity index is 2.08. The average Bonchev–Trinajstić information content (AvgIpc) is 2.66. The van der Waals surface area contributed by atoms with Crippen LogP contribution < -0.4 is 9.04 Å². The summed E-state index contributed by atoms with van der Waals surface area (Å²) in [6.45, 7) is -0.271. The van der Waals surface area contributed by atoms with Crippen molar-refractivity contribution >= 4 is 49.2 Å². The summed E-state index contributed by atoms with van der Waals surface area (Å²) in [6, 6.07) is 6.16. The first-order chi connectivity index (χ1) is 13.9. The number of fused-ring (bicyclic) bond motifs is 1. The number of alkyl halides is 3. The molecule has 0 spiro atoms. The molecule has 0 bridgehead atoms. The molecule has 0 saturated heterocycles. The van der Waals surface area contributed by atoms with Crippen LogP contribution in [-0.4, -0.2) is 32.1 Å². The Hall–Kier alpha value is -1.98. The molecular weight excluding hydrogens is 515 g/mol. The Morgan fingerprint density at radius 2 is 2.00 bits per heavy atom. The van der Waals surface area contributed by atoms with Gasteiger partial charge in [-0.2, -0.15) is 13.2 Å². The molecule has 1 aliphatic rings. The first-order valence-corrected chi connectivity index (χ1v) is 11.1. The number of carboxylic acid groups (broad SMARTS) is 1. The van der Waals surface area contributed by atoms with E-state index in [0.29, 0.717) is 10.5 Å². The summed E-state index contributed by atoms with van der Waals surface area (Å²) in [7, 11) is -4.42. The zero-order valence-electron chi connectivity index (χ0n) is 15.0. The molecule has 0 aromatic heterocycles. The number of halogens is 5. The highest BCUT2D eigenvalue weighted by Crippen LogP contribution is 2.43. The van der Waals surface area contributed by atoms with Gasteiger partial charge in [0, 0.05) is 17.0 Å². The van der Waals surface area contributed by atoms with Crippen molar-refractivity contribution in [2.75, 3.05) is 10.8 Å². The van der Waals surface area contributed by atoms with Crippen LogP contribution in [0.25, 0.3) is 0 Å². The Morgan fingerprint density at radius 1 is 1.30 bits per heavy atom. The van der Waals surface area contributed by atoms with E-state index in [1.807, 2.05) is 0 Å². The van der Waals surface area contributed by atoms with Crippen LogP contribution in [-0.2, 0) is 21.0 Å². The molecule has 6 nitrogen and oxygen atoms in total. The molecule has 3 rings (SSSR count). The quantitative estimate of drug-likeness (QED) is 0.594. The van der Waals surface area contributed by atoms with Crippen molar-refractivity contribution in [1.29, 1.82) is 0 Å². The first kappa shape index (κ1) is 22.7. The monoisotopic (exact) mass is 527 g/mol. The molecule has 1 heterocycles. The van der Waals surface area contributed by atoms with Crippen LogP contribution in [0.4, 0.5) is 18.9 Å². The lowest BCUT2D eigenvalue weighted by Gasteiger charge is -2.35. The molecule has 12 heteroatoms. The Kier molecular flexibility index (Phi) is 6.26. The number of carbonyl (C=O) groups is 1. The van der Waals surface area contributed by atoms with Crippen LogP contribution in [0.1, 0.15) is 18.4 Å². The lowest BCUT2D eigenvalue weighted by molar-refractivity contribution is -0.138. The van der Waals surface area contributed by atoms with Crippen LogP contribution in [0.15, 0.2) is 45.8 Å². The molecule has 2 aromatic carbocycles. The number of hydrogen-bond acceptors (Lipinski definition) is 4. The van der Waals surface area contributed by atoms with Gasteiger partial charge in [-0.15, -0.1) is 0 Å². The summed E-state index contributed by atoms with van der Waals surface area (Å²) in [5.74, 6) is -1.01. The molecule has 1 atom stereocenters. The van der Waals surface area contributed by atoms with E-state index in [1.54, 1.807) is 0 Å². The summed E-state index contributed by atoms with van der Waals surface area (Å²) in [4.78, 5) is 10.3. The van der Waals surface area contributed by atoms with Crippen molar-refractivity contribution in [2.24, 2.45) is 0 Å². The highest BCUT2D eigenvalue weighted by atomic mass is 79.9. The average molecular weight is 529 g/mol. The second-order valence-corrected chi connectivity index (χ2v) is 9.59. The molecule has 0 aliphatic carbocycles. The van der Waals surface area contributed by atoms with Gasteiger partial charge in [-0.3, -0.25) is 9.10 Å². The van der Waals surface area contributed by atoms with Crippen molar-refractivity contribution in [3.05, 3.63) is 51.5 Å². The largest absolute Gasteiger partial charge is 0.486 e. The fourth-order valence-corrected chi connectivity index (χ4v) is 4.96. The van der Waals surface area contributed by atoms with Crippen LogP contribution in [0, 0.1) is 0 Å². The summed E-state index contributed by atoms with van der Waals surface area (Å²) in [6.07, 6.45) is -5.82. The highest BCUT2D eigenvalue weighted by molar-refractivity contribution is 9.10. The minimum Gasteiger partial charge on any atom is -0.486 e. The third kappa shape index (κ3) is 4.68. The van der Waals surface area contributed by atoms with Crippen molar-refractivity contribution < 1.29 is 36.2 Å². The molecule has 1 aliphatic heterocycles. The molecule has 0 radical (unpaired) electrons. The van der Waals surface area contributed by atoms with Crippen molar-refractivity contribution in [3.63, 3.8) is 0 Å². The lowest BCUT2D eigenvalue weighted by Crippen LogP contribution is -2.43. The van der Waals surface area contributed by atoms with Crippen molar-refractivity contribution in [2.45, 2.75) is 30.0 Å². The third-order valence-electron chi connectivity index (χ3n) is 4.36. The minimum absolute atomic E-state index is 0.00291. The predicted octanol–water partition coefficient (Wildman–Crippen LogP) is 4.94. The number of anilines is 1. The smallest absolute Gasteiger partial charge is 0.416 e. The number of hydrogen-bond donors (Lipinski definition) is 1. The van der Waals surface area contributed by atoms with E-state index >= 15 is 0 Å². The van der Waals surface area contributed by atoms with Crippen LogP contribution in [0.5, 0.6) is 5.75 Å². The third-order valence-corrected chi connectivity index (χ3v) is 7.34. The van der Waals surface area contributed by atoms with Gasteiger partial charge in [0.1, 0.15) is 11.9 Å². The number of rotatable bonds is 5. The summed E-state index contributed by atoms with van der Waals surface area (Å²) < 4.78 is 72.7. The van der Waals surface area contributed by atoms with E-state index in [0.717, 1.165) is 22.5 Å². The highest BCUT2D eigenvalue weighted by Gasteiger charge is 2.37. The van der Waals surface area contributed by atoms with E-state index in [9.17, 15) is 26.4 Å². The fourth-order valence-electron chi connectivity index (χ4n) is 2.93. The lowest BCUT2D eigenvalue weighted by atomic mass is 10.1. The predicted molar refractivity (Wildman–Crippen MR) is 106 cm³/mol.